The van der Waals surface area contributed by atoms with Crippen molar-refractivity contribution in [1.82, 2.24) is 14.8 Å². The van der Waals surface area contributed by atoms with E-state index < -0.39 is 0 Å². The fraction of sp³-hybridized carbons (Fsp3) is 0.286. The average molecular weight is 272 g/mol. The van der Waals surface area contributed by atoms with Crippen molar-refractivity contribution in [2.75, 3.05) is 5.32 Å². The van der Waals surface area contributed by atoms with Crippen LogP contribution in [0.1, 0.15) is 25.5 Å². The van der Waals surface area contributed by atoms with E-state index >= 15 is 0 Å². The summed E-state index contributed by atoms with van der Waals surface area (Å²) in [7, 11) is 0. The average Bonchev–Trinajstić information content (AvgIpc) is 3.05. The molecule has 98 valence electrons. The SMILES string of the molecule is CCn1cc(NC(C)c2cnc3ccsc3c2)cn1. The molecule has 0 saturated heterocycles. The number of nitrogens with one attached hydrogen (secondary N) is 1. The summed E-state index contributed by atoms with van der Waals surface area (Å²) in [5.41, 5.74) is 3.31. The molecule has 0 aliphatic rings. The van der Waals surface area contributed by atoms with Gasteiger partial charge in [-0.05, 0) is 36.9 Å². The van der Waals surface area contributed by atoms with Crippen molar-refractivity contribution in [2.45, 2.75) is 26.4 Å². The minimum Gasteiger partial charge on any atom is -0.376 e. The molecule has 3 aromatic heterocycles. The molecule has 0 amide bonds. The van der Waals surface area contributed by atoms with Gasteiger partial charge in [0, 0.05) is 18.9 Å². The first-order valence-corrected chi connectivity index (χ1v) is 7.26. The minimum atomic E-state index is 0.216. The highest BCUT2D eigenvalue weighted by Gasteiger charge is 2.08. The normalized spacial score (nSPS) is 12.7. The molecule has 3 aromatic rings. The van der Waals surface area contributed by atoms with Crippen LogP contribution in [0.4, 0.5) is 5.69 Å². The summed E-state index contributed by atoms with van der Waals surface area (Å²) >= 11 is 1.73. The van der Waals surface area contributed by atoms with E-state index in [9.17, 15) is 0 Å². The quantitative estimate of drug-likeness (QED) is 0.787. The highest BCUT2D eigenvalue weighted by atomic mass is 32.1. The van der Waals surface area contributed by atoms with E-state index in [4.69, 9.17) is 0 Å². The van der Waals surface area contributed by atoms with Gasteiger partial charge >= 0.3 is 0 Å². The molecule has 0 spiro atoms. The number of hydrogen-bond acceptors (Lipinski definition) is 4. The third kappa shape index (κ3) is 2.46. The van der Waals surface area contributed by atoms with E-state index in [0.29, 0.717) is 0 Å². The van der Waals surface area contributed by atoms with Crippen LogP contribution >= 0.6 is 11.3 Å². The number of hydrogen-bond donors (Lipinski definition) is 1. The third-order valence-corrected chi connectivity index (χ3v) is 4.02. The van der Waals surface area contributed by atoms with Crippen molar-refractivity contribution in [3.63, 3.8) is 0 Å². The van der Waals surface area contributed by atoms with Gasteiger partial charge in [0.05, 0.1) is 28.1 Å². The Hall–Kier alpha value is -1.88. The lowest BCUT2D eigenvalue weighted by Crippen LogP contribution is -2.06. The van der Waals surface area contributed by atoms with Gasteiger partial charge < -0.3 is 5.32 Å². The van der Waals surface area contributed by atoms with Crippen molar-refractivity contribution in [1.29, 1.82) is 0 Å². The molecule has 0 aliphatic heterocycles. The maximum atomic E-state index is 4.47. The number of anilines is 1. The monoisotopic (exact) mass is 272 g/mol. The zero-order chi connectivity index (χ0) is 13.2. The van der Waals surface area contributed by atoms with Crippen molar-refractivity contribution >= 4 is 27.2 Å². The van der Waals surface area contributed by atoms with E-state index in [2.05, 4.69) is 40.7 Å². The Kier molecular flexibility index (Phi) is 3.21. The Bertz CT molecular complexity index is 685. The summed E-state index contributed by atoms with van der Waals surface area (Å²) in [6, 6.07) is 4.47. The lowest BCUT2D eigenvalue weighted by Gasteiger charge is -2.13. The van der Waals surface area contributed by atoms with Crippen LogP contribution in [-0.2, 0) is 6.54 Å². The van der Waals surface area contributed by atoms with Gasteiger partial charge in [0.15, 0.2) is 0 Å². The van der Waals surface area contributed by atoms with Crippen LogP contribution < -0.4 is 5.32 Å². The first-order chi connectivity index (χ1) is 9.26. The Morgan fingerprint density at radius 2 is 2.32 bits per heavy atom. The van der Waals surface area contributed by atoms with E-state index in [1.165, 1.54) is 10.3 Å². The third-order valence-electron chi connectivity index (χ3n) is 3.16. The molecule has 1 atom stereocenters. The van der Waals surface area contributed by atoms with E-state index in [0.717, 1.165) is 17.7 Å². The van der Waals surface area contributed by atoms with Gasteiger partial charge in [-0.25, -0.2) is 0 Å². The molecule has 3 heterocycles. The van der Waals surface area contributed by atoms with Crippen LogP contribution in [0.2, 0.25) is 0 Å². The van der Waals surface area contributed by atoms with Crippen LogP contribution in [0, 0.1) is 0 Å². The van der Waals surface area contributed by atoms with Crippen LogP contribution in [0.3, 0.4) is 0 Å². The molecular weight excluding hydrogens is 256 g/mol. The largest absolute Gasteiger partial charge is 0.376 e. The first-order valence-electron chi connectivity index (χ1n) is 6.38. The summed E-state index contributed by atoms with van der Waals surface area (Å²) in [6.45, 7) is 5.10. The van der Waals surface area contributed by atoms with E-state index in [1.54, 1.807) is 11.3 Å². The number of nitrogens with zero attached hydrogens (tertiary/aromatic N) is 3. The first kappa shape index (κ1) is 12.2. The topological polar surface area (TPSA) is 42.7 Å². The molecule has 0 fully saturated rings. The van der Waals surface area contributed by atoms with Crippen LogP contribution in [0.5, 0.6) is 0 Å². The van der Waals surface area contributed by atoms with Gasteiger partial charge in [-0.3, -0.25) is 9.67 Å². The number of aryl methyl sites for hydroxylation is 1. The van der Waals surface area contributed by atoms with Gasteiger partial charge in [-0.1, -0.05) is 0 Å². The highest BCUT2D eigenvalue weighted by molar-refractivity contribution is 7.17. The molecule has 5 heteroatoms. The standard InChI is InChI=1S/C14H16N4S/c1-3-18-9-12(8-16-18)17-10(2)11-6-14-13(15-7-11)4-5-19-14/h4-10,17H,3H2,1-2H3. The number of pyridine rings is 1. The molecule has 0 aliphatic carbocycles. The summed E-state index contributed by atoms with van der Waals surface area (Å²) in [6.07, 6.45) is 5.82. The van der Waals surface area contributed by atoms with Crippen molar-refractivity contribution in [2.24, 2.45) is 0 Å². The fourth-order valence-corrected chi connectivity index (χ4v) is 2.83. The molecule has 4 nitrogen and oxygen atoms in total. The summed E-state index contributed by atoms with van der Waals surface area (Å²) < 4.78 is 3.14. The predicted molar refractivity (Wildman–Crippen MR) is 79.6 cm³/mol. The minimum absolute atomic E-state index is 0.216. The predicted octanol–water partition coefficient (Wildman–Crippen LogP) is 3.69. The summed E-state index contributed by atoms with van der Waals surface area (Å²) in [4.78, 5) is 4.47. The lowest BCUT2D eigenvalue weighted by atomic mass is 10.1. The number of fused-ring (bicyclic) bond motifs is 1. The fourth-order valence-electron chi connectivity index (χ4n) is 2.04. The Balaban J connectivity index is 1.80. The van der Waals surface area contributed by atoms with E-state index in [-0.39, 0.29) is 6.04 Å². The number of rotatable bonds is 4. The van der Waals surface area contributed by atoms with Crippen LogP contribution in [-0.4, -0.2) is 14.8 Å². The zero-order valence-electron chi connectivity index (χ0n) is 11.0. The molecule has 19 heavy (non-hydrogen) atoms. The maximum absolute atomic E-state index is 4.47. The highest BCUT2D eigenvalue weighted by Crippen LogP contribution is 2.24. The van der Waals surface area contributed by atoms with Gasteiger partial charge in [0.25, 0.3) is 0 Å². The van der Waals surface area contributed by atoms with Crippen LogP contribution in [0.15, 0.2) is 36.1 Å². The van der Waals surface area contributed by atoms with E-state index in [1.807, 2.05) is 29.3 Å². The Morgan fingerprint density at radius 1 is 1.42 bits per heavy atom. The lowest BCUT2D eigenvalue weighted by molar-refractivity contribution is 0.660. The summed E-state index contributed by atoms with van der Waals surface area (Å²) in [5.74, 6) is 0. The molecule has 0 saturated carbocycles. The second-order valence-corrected chi connectivity index (χ2v) is 5.47. The molecule has 1 unspecified atom stereocenters. The van der Waals surface area contributed by atoms with Crippen LogP contribution in [0.25, 0.3) is 10.2 Å². The van der Waals surface area contributed by atoms with Crippen molar-refractivity contribution < 1.29 is 0 Å². The Morgan fingerprint density at radius 3 is 3.11 bits per heavy atom. The van der Waals surface area contributed by atoms with Crippen molar-refractivity contribution in [3.8, 4) is 0 Å². The molecule has 0 radical (unpaired) electrons. The van der Waals surface area contributed by atoms with Gasteiger partial charge in [0.2, 0.25) is 0 Å². The molecule has 3 rings (SSSR count). The number of thiophene rings is 1. The molecule has 0 bridgehead atoms. The smallest absolute Gasteiger partial charge is 0.0809 e. The number of aromatic nitrogens is 3. The van der Waals surface area contributed by atoms with Crippen molar-refractivity contribution in [3.05, 3.63) is 41.7 Å². The van der Waals surface area contributed by atoms with Gasteiger partial charge in [-0.2, -0.15) is 5.10 Å². The molecule has 1 N–H and O–H groups in total. The maximum Gasteiger partial charge on any atom is 0.0809 e. The second kappa shape index (κ2) is 5.01. The Labute approximate surface area is 116 Å². The van der Waals surface area contributed by atoms with Gasteiger partial charge in [0.1, 0.15) is 0 Å². The van der Waals surface area contributed by atoms with Gasteiger partial charge in [-0.15, -0.1) is 11.3 Å². The molecule has 0 aromatic carbocycles. The summed E-state index contributed by atoms with van der Waals surface area (Å²) in [5, 5.41) is 9.79. The second-order valence-electron chi connectivity index (χ2n) is 4.52. The molecular formula is C14H16N4S. The zero-order valence-corrected chi connectivity index (χ0v) is 11.8.